The number of rotatable bonds is 5. The van der Waals surface area contributed by atoms with Crippen LogP contribution < -0.4 is 0 Å². The van der Waals surface area contributed by atoms with Crippen molar-refractivity contribution in [3.63, 3.8) is 0 Å². The Bertz CT molecular complexity index is 250. The first kappa shape index (κ1) is 15.0. The molecule has 1 nitrogen and oxygen atoms in total. The molecule has 0 saturated carbocycles. The predicted octanol–water partition coefficient (Wildman–Crippen LogP) is 3.80. The number of carbonyl (C=O) groups excluding carboxylic acids is 1. The zero-order valence-electron chi connectivity index (χ0n) is 8.16. The van der Waals surface area contributed by atoms with Crippen molar-refractivity contribution < 1.29 is 31.1 Å². The molecule has 0 fully saturated rings. The van der Waals surface area contributed by atoms with Crippen LogP contribution in [0.1, 0.15) is 25.7 Å². The van der Waals surface area contributed by atoms with Crippen molar-refractivity contribution in [1.29, 1.82) is 0 Å². The number of hydrogen-bond acceptors (Lipinski definition) is 1. The van der Waals surface area contributed by atoms with E-state index in [0.717, 1.165) is 12.2 Å². The Morgan fingerprint density at radius 1 is 0.938 bits per heavy atom. The van der Waals surface area contributed by atoms with Crippen LogP contribution in [0.4, 0.5) is 26.3 Å². The summed E-state index contributed by atoms with van der Waals surface area (Å²) < 4.78 is 69.7. The fraction of sp³-hybridized carbons (Fsp3) is 0.667. The third kappa shape index (κ3) is 11.1. The molecule has 16 heavy (non-hydrogen) atoms. The van der Waals surface area contributed by atoms with E-state index in [1.54, 1.807) is 0 Å². The average molecular weight is 248 g/mol. The van der Waals surface area contributed by atoms with E-state index in [1.165, 1.54) is 0 Å². The van der Waals surface area contributed by atoms with Crippen LogP contribution in [0.2, 0.25) is 0 Å². The second-order valence-electron chi connectivity index (χ2n) is 3.15. The van der Waals surface area contributed by atoms with E-state index in [0.29, 0.717) is 0 Å². The van der Waals surface area contributed by atoms with Gasteiger partial charge >= 0.3 is 12.4 Å². The van der Waals surface area contributed by atoms with E-state index in [9.17, 15) is 31.1 Å². The third-order valence-electron chi connectivity index (χ3n) is 1.55. The third-order valence-corrected chi connectivity index (χ3v) is 1.55. The molecule has 0 unspecified atom stereocenters. The Morgan fingerprint density at radius 2 is 1.50 bits per heavy atom. The maximum Gasteiger partial charge on any atom is 0.392 e. The van der Waals surface area contributed by atoms with Gasteiger partial charge in [0.25, 0.3) is 0 Å². The van der Waals surface area contributed by atoms with E-state index in [1.807, 2.05) is 0 Å². The number of Topliss-reactive ketones (excluding diaryl/α,β-unsaturated/α-hetero) is 1. The van der Waals surface area contributed by atoms with Gasteiger partial charge in [-0.15, -0.1) is 0 Å². The molecule has 94 valence electrons. The summed E-state index contributed by atoms with van der Waals surface area (Å²) in [6.07, 6.45) is -10.6. The van der Waals surface area contributed by atoms with Crippen LogP contribution in [-0.4, -0.2) is 18.1 Å². The van der Waals surface area contributed by atoms with E-state index in [4.69, 9.17) is 0 Å². The van der Waals surface area contributed by atoms with Gasteiger partial charge in [0.05, 0.1) is 12.8 Å². The smallest absolute Gasteiger partial charge is 0.299 e. The van der Waals surface area contributed by atoms with E-state index in [-0.39, 0.29) is 0 Å². The molecule has 0 aliphatic rings. The van der Waals surface area contributed by atoms with Gasteiger partial charge in [-0.3, -0.25) is 4.79 Å². The number of hydrogen-bond donors (Lipinski definition) is 0. The number of allylic oxidation sites excluding steroid dienone is 2. The topological polar surface area (TPSA) is 17.1 Å². The fourth-order valence-electron chi connectivity index (χ4n) is 0.815. The lowest BCUT2D eigenvalue weighted by Crippen LogP contribution is -2.10. The molecule has 0 spiro atoms. The van der Waals surface area contributed by atoms with Crippen molar-refractivity contribution in [3.05, 3.63) is 12.2 Å². The molecule has 0 aliphatic carbocycles. The van der Waals surface area contributed by atoms with Crippen molar-refractivity contribution >= 4 is 5.78 Å². The summed E-state index contributed by atoms with van der Waals surface area (Å²) in [6.45, 7) is 0. The van der Waals surface area contributed by atoms with Crippen molar-refractivity contribution in [2.45, 2.75) is 38.0 Å². The van der Waals surface area contributed by atoms with Crippen LogP contribution in [0.5, 0.6) is 0 Å². The molecule has 0 aromatic carbocycles. The molecule has 0 saturated heterocycles. The normalized spacial score (nSPS) is 13.4. The Labute approximate surface area is 88.1 Å². The second-order valence-corrected chi connectivity index (χ2v) is 3.15. The minimum absolute atomic E-state index is 0.397. The molecule has 0 atom stereocenters. The van der Waals surface area contributed by atoms with Gasteiger partial charge in [-0.05, 0) is 0 Å². The first-order valence-corrected chi connectivity index (χ1v) is 4.40. The lowest BCUT2D eigenvalue weighted by molar-refractivity contribution is -0.142. The molecule has 0 rings (SSSR count). The van der Waals surface area contributed by atoms with Crippen LogP contribution >= 0.6 is 0 Å². The second kappa shape index (κ2) is 5.91. The quantitative estimate of drug-likeness (QED) is 0.534. The average Bonchev–Trinajstić information content (AvgIpc) is 2.06. The highest BCUT2D eigenvalue weighted by atomic mass is 19.4. The van der Waals surface area contributed by atoms with Crippen LogP contribution in [-0.2, 0) is 4.79 Å². The number of halogens is 6. The maximum atomic E-state index is 11.6. The minimum atomic E-state index is -4.41. The fourth-order valence-corrected chi connectivity index (χ4v) is 0.815. The summed E-state index contributed by atoms with van der Waals surface area (Å²) in [7, 11) is 0. The number of carbonyl (C=O) groups is 1. The Kier molecular flexibility index (Phi) is 5.53. The van der Waals surface area contributed by atoms with Gasteiger partial charge in [0, 0.05) is 12.8 Å². The standard InChI is InChI=1S/C9H10F6O/c10-8(11,12)5-2-1-3-7(16)4-6-9(13,14)15/h1-2H,3-6H2/b2-1+. The molecule has 0 amide bonds. The zero-order chi connectivity index (χ0) is 12.8. The lowest BCUT2D eigenvalue weighted by atomic mass is 10.1. The number of alkyl halides is 6. The summed E-state index contributed by atoms with van der Waals surface area (Å²) in [5.74, 6) is -0.726. The summed E-state index contributed by atoms with van der Waals surface area (Å²) in [6, 6.07) is 0. The lowest BCUT2D eigenvalue weighted by Gasteiger charge is -2.03. The van der Waals surface area contributed by atoms with Gasteiger partial charge in [0.1, 0.15) is 5.78 Å². The Morgan fingerprint density at radius 3 is 1.94 bits per heavy atom. The van der Waals surface area contributed by atoms with Gasteiger partial charge in [-0.25, -0.2) is 0 Å². The molecule has 0 N–H and O–H groups in total. The minimum Gasteiger partial charge on any atom is -0.299 e. The molecule has 7 heteroatoms. The Hall–Kier alpha value is -1.01. The number of ketones is 1. The first-order chi connectivity index (χ1) is 7.10. The molecule has 0 heterocycles. The zero-order valence-corrected chi connectivity index (χ0v) is 8.16. The van der Waals surface area contributed by atoms with E-state index < -0.39 is 43.8 Å². The molecule has 0 aromatic heterocycles. The van der Waals surface area contributed by atoms with Crippen molar-refractivity contribution in [3.8, 4) is 0 Å². The van der Waals surface area contributed by atoms with Crippen LogP contribution in [0.25, 0.3) is 0 Å². The highest BCUT2D eigenvalue weighted by Crippen LogP contribution is 2.22. The highest BCUT2D eigenvalue weighted by Gasteiger charge is 2.27. The molecule has 0 radical (unpaired) electrons. The molecular formula is C9H10F6O. The summed E-state index contributed by atoms with van der Waals surface area (Å²) in [5.41, 5.74) is 0. The highest BCUT2D eigenvalue weighted by molar-refractivity contribution is 5.79. The van der Waals surface area contributed by atoms with Gasteiger partial charge < -0.3 is 0 Å². The van der Waals surface area contributed by atoms with E-state index in [2.05, 4.69) is 0 Å². The summed E-state index contributed by atoms with van der Waals surface area (Å²) in [4.78, 5) is 10.8. The summed E-state index contributed by atoms with van der Waals surface area (Å²) in [5, 5.41) is 0. The van der Waals surface area contributed by atoms with Crippen molar-refractivity contribution in [1.82, 2.24) is 0 Å². The molecule has 0 aromatic rings. The maximum absolute atomic E-state index is 11.6. The predicted molar refractivity (Wildman–Crippen MR) is 44.7 cm³/mol. The largest absolute Gasteiger partial charge is 0.392 e. The van der Waals surface area contributed by atoms with Crippen LogP contribution in [0, 0.1) is 0 Å². The van der Waals surface area contributed by atoms with Gasteiger partial charge in [0.2, 0.25) is 0 Å². The van der Waals surface area contributed by atoms with Crippen molar-refractivity contribution in [2.75, 3.05) is 0 Å². The molecule has 0 bridgehead atoms. The summed E-state index contributed by atoms with van der Waals surface area (Å²) >= 11 is 0. The monoisotopic (exact) mass is 248 g/mol. The molecular weight excluding hydrogens is 238 g/mol. The van der Waals surface area contributed by atoms with Gasteiger partial charge in [-0.1, -0.05) is 12.2 Å². The van der Waals surface area contributed by atoms with Gasteiger partial charge in [-0.2, -0.15) is 26.3 Å². The van der Waals surface area contributed by atoms with E-state index >= 15 is 0 Å². The van der Waals surface area contributed by atoms with Crippen LogP contribution in [0.15, 0.2) is 12.2 Å². The SMILES string of the molecule is O=C(C/C=C/CC(F)(F)F)CCC(F)(F)F. The Balaban J connectivity index is 3.74. The van der Waals surface area contributed by atoms with Crippen molar-refractivity contribution in [2.24, 2.45) is 0 Å². The molecule has 0 aliphatic heterocycles. The van der Waals surface area contributed by atoms with Crippen LogP contribution in [0.3, 0.4) is 0 Å². The first-order valence-electron chi connectivity index (χ1n) is 4.40. The van der Waals surface area contributed by atoms with Gasteiger partial charge in [0.15, 0.2) is 0 Å².